The molecule has 0 saturated heterocycles. The Morgan fingerprint density at radius 3 is 2.26 bits per heavy atom. The molecule has 0 aromatic heterocycles. The zero-order valence-corrected chi connectivity index (χ0v) is 12.5. The molecule has 0 aliphatic heterocycles. The molecule has 0 bridgehead atoms. The molecule has 6 nitrogen and oxygen atoms in total. The largest absolute Gasteiger partial charge is 0.508 e. The van der Waals surface area contributed by atoms with E-state index in [4.69, 9.17) is 0 Å². The molecule has 108 valence electrons. The first-order chi connectivity index (χ1) is 8.46. The van der Waals surface area contributed by atoms with Gasteiger partial charge in [-0.25, -0.2) is 21.6 Å². The highest BCUT2D eigenvalue weighted by Crippen LogP contribution is 2.18. The number of nitrogens with one attached hydrogen (secondary N) is 1. The number of sulfonamides is 1. The molecule has 0 unspecified atom stereocenters. The van der Waals surface area contributed by atoms with Crippen LogP contribution in [-0.4, -0.2) is 39.5 Å². The maximum atomic E-state index is 11.9. The summed E-state index contributed by atoms with van der Waals surface area (Å²) in [4.78, 5) is -0.114. The van der Waals surface area contributed by atoms with E-state index in [0.717, 1.165) is 12.3 Å². The van der Waals surface area contributed by atoms with E-state index in [1.165, 1.54) is 32.0 Å². The third kappa shape index (κ3) is 3.92. The second-order valence-corrected chi connectivity index (χ2v) is 9.27. The van der Waals surface area contributed by atoms with Crippen LogP contribution in [0.5, 0.6) is 5.75 Å². The van der Waals surface area contributed by atoms with E-state index in [1.807, 2.05) is 0 Å². The molecular weight excluding hydrogens is 290 g/mol. The average Bonchev–Trinajstić information content (AvgIpc) is 2.25. The molecule has 0 saturated carbocycles. The van der Waals surface area contributed by atoms with Crippen molar-refractivity contribution in [3.63, 3.8) is 0 Å². The summed E-state index contributed by atoms with van der Waals surface area (Å²) in [6.07, 6.45) is 1.05. The lowest BCUT2D eigenvalue weighted by atomic mass is 10.2. The molecule has 0 amide bonds. The highest BCUT2D eigenvalue weighted by Gasteiger charge is 2.31. The van der Waals surface area contributed by atoms with Crippen LogP contribution < -0.4 is 4.72 Å². The fourth-order valence-corrected chi connectivity index (χ4v) is 2.81. The van der Waals surface area contributed by atoms with Crippen LogP contribution in [0.1, 0.15) is 13.8 Å². The lowest BCUT2D eigenvalue weighted by Crippen LogP contribution is -2.43. The molecule has 1 aromatic rings. The first-order valence-electron chi connectivity index (χ1n) is 5.44. The van der Waals surface area contributed by atoms with Crippen molar-refractivity contribution in [3.05, 3.63) is 24.3 Å². The average molecular weight is 307 g/mol. The molecule has 0 atom stereocenters. The molecule has 0 aliphatic carbocycles. The molecule has 19 heavy (non-hydrogen) atoms. The van der Waals surface area contributed by atoms with Crippen LogP contribution in [0, 0.1) is 0 Å². The van der Waals surface area contributed by atoms with Gasteiger partial charge in [0.25, 0.3) is 0 Å². The van der Waals surface area contributed by atoms with Crippen LogP contribution in [0.2, 0.25) is 0 Å². The highest BCUT2D eigenvalue weighted by molar-refractivity contribution is 7.92. The minimum atomic E-state index is -3.85. The summed E-state index contributed by atoms with van der Waals surface area (Å²) in [6.45, 7) is 2.63. The Bertz CT molecular complexity index is 662. The van der Waals surface area contributed by atoms with E-state index in [2.05, 4.69) is 4.72 Å². The number of aromatic hydroxyl groups is 1. The lowest BCUT2D eigenvalue weighted by Gasteiger charge is -2.22. The van der Waals surface area contributed by atoms with E-state index in [-0.39, 0.29) is 17.2 Å². The van der Waals surface area contributed by atoms with Crippen molar-refractivity contribution in [3.8, 4) is 5.75 Å². The molecule has 0 spiro atoms. The standard InChI is InChI=1S/C11H17NO5S2/c1-11(2,18(3,14)15)8-12-19(16,17)10-6-4-5-9(13)7-10/h4-7,12-13H,8H2,1-3H3. The number of rotatable bonds is 5. The maximum absolute atomic E-state index is 11.9. The Morgan fingerprint density at radius 2 is 1.79 bits per heavy atom. The van der Waals surface area contributed by atoms with Crippen molar-refractivity contribution in [2.24, 2.45) is 0 Å². The van der Waals surface area contributed by atoms with E-state index < -0.39 is 24.6 Å². The normalized spacial score (nSPS) is 13.4. The van der Waals surface area contributed by atoms with Crippen molar-refractivity contribution < 1.29 is 21.9 Å². The second kappa shape index (κ2) is 5.10. The minimum Gasteiger partial charge on any atom is -0.508 e. The van der Waals surface area contributed by atoms with Gasteiger partial charge < -0.3 is 5.11 Å². The highest BCUT2D eigenvalue weighted by atomic mass is 32.2. The van der Waals surface area contributed by atoms with Gasteiger partial charge in [0, 0.05) is 12.8 Å². The molecule has 0 fully saturated rings. The van der Waals surface area contributed by atoms with Gasteiger partial charge in [-0.15, -0.1) is 0 Å². The number of benzene rings is 1. The van der Waals surface area contributed by atoms with E-state index >= 15 is 0 Å². The Morgan fingerprint density at radius 1 is 1.21 bits per heavy atom. The molecule has 0 aliphatic rings. The second-order valence-electron chi connectivity index (χ2n) is 4.85. The van der Waals surface area contributed by atoms with Crippen molar-refractivity contribution in [2.45, 2.75) is 23.5 Å². The maximum Gasteiger partial charge on any atom is 0.240 e. The Balaban J connectivity index is 2.95. The van der Waals surface area contributed by atoms with Gasteiger partial charge in [0.15, 0.2) is 9.84 Å². The summed E-state index contributed by atoms with van der Waals surface area (Å²) >= 11 is 0. The third-order valence-electron chi connectivity index (χ3n) is 2.82. The first kappa shape index (κ1) is 15.9. The van der Waals surface area contributed by atoms with Gasteiger partial charge in [-0.1, -0.05) is 6.07 Å². The van der Waals surface area contributed by atoms with Crippen molar-refractivity contribution in [1.29, 1.82) is 0 Å². The third-order valence-corrected chi connectivity index (χ3v) is 6.37. The number of phenols is 1. The smallest absolute Gasteiger partial charge is 0.240 e. The topological polar surface area (TPSA) is 101 Å². The summed E-state index contributed by atoms with van der Waals surface area (Å²) in [7, 11) is -7.24. The van der Waals surface area contributed by atoms with Crippen LogP contribution in [0.25, 0.3) is 0 Å². The van der Waals surface area contributed by atoms with Crippen LogP contribution in [0.15, 0.2) is 29.2 Å². The summed E-state index contributed by atoms with van der Waals surface area (Å²) in [6, 6.07) is 5.15. The van der Waals surface area contributed by atoms with E-state index in [0.29, 0.717) is 0 Å². The van der Waals surface area contributed by atoms with Gasteiger partial charge >= 0.3 is 0 Å². The SMILES string of the molecule is CC(C)(CNS(=O)(=O)c1cccc(O)c1)S(C)(=O)=O. The zero-order chi connectivity index (χ0) is 14.9. The van der Waals surface area contributed by atoms with Gasteiger partial charge in [-0.2, -0.15) is 0 Å². The predicted octanol–water partition coefficient (Wildman–Crippen LogP) is 0.494. The van der Waals surface area contributed by atoms with Crippen molar-refractivity contribution in [2.75, 3.05) is 12.8 Å². The zero-order valence-electron chi connectivity index (χ0n) is 10.9. The molecule has 1 aromatic carbocycles. The summed E-state index contributed by atoms with van der Waals surface area (Å²) < 4.78 is 47.9. The molecule has 0 heterocycles. The molecule has 2 N–H and O–H groups in total. The Hall–Kier alpha value is -1.12. The van der Waals surface area contributed by atoms with Crippen molar-refractivity contribution in [1.82, 2.24) is 4.72 Å². The molecular formula is C11H17NO5S2. The Kier molecular flexibility index (Phi) is 4.28. The van der Waals surface area contributed by atoms with E-state index in [1.54, 1.807) is 0 Å². The van der Waals surface area contributed by atoms with Crippen molar-refractivity contribution >= 4 is 19.9 Å². The minimum absolute atomic E-state index is 0.114. The molecule has 0 radical (unpaired) electrons. The lowest BCUT2D eigenvalue weighted by molar-refractivity contribution is 0.473. The number of hydrogen-bond acceptors (Lipinski definition) is 5. The van der Waals surface area contributed by atoms with Gasteiger partial charge in [-0.3, -0.25) is 0 Å². The van der Waals surface area contributed by atoms with Gasteiger partial charge in [0.2, 0.25) is 10.0 Å². The quantitative estimate of drug-likeness (QED) is 0.824. The fourth-order valence-electron chi connectivity index (χ4n) is 1.13. The Labute approximate surface area is 113 Å². The molecule has 8 heteroatoms. The van der Waals surface area contributed by atoms with Crippen LogP contribution in [-0.2, 0) is 19.9 Å². The predicted molar refractivity (Wildman–Crippen MR) is 72.2 cm³/mol. The number of sulfone groups is 1. The monoisotopic (exact) mass is 307 g/mol. The van der Waals surface area contributed by atoms with Crippen LogP contribution >= 0.6 is 0 Å². The summed E-state index contributed by atoms with van der Waals surface area (Å²) in [5, 5.41) is 9.25. The van der Waals surface area contributed by atoms with Gasteiger partial charge in [-0.05, 0) is 32.0 Å². The number of phenolic OH excluding ortho intramolecular Hbond substituents is 1. The van der Waals surface area contributed by atoms with Gasteiger partial charge in [0.1, 0.15) is 5.75 Å². The summed E-state index contributed by atoms with van der Waals surface area (Å²) in [5.41, 5.74) is 0. The van der Waals surface area contributed by atoms with Crippen LogP contribution in [0.4, 0.5) is 0 Å². The fraction of sp³-hybridized carbons (Fsp3) is 0.455. The molecule has 1 rings (SSSR count). The van der Waals surface area contributed by atoms with E-state index in [9.17, 15) is 21.9 Å². The number of hydrogen-bond donors (Lipinski definition) is 2. The summed E-state index contributed by atoms with van der Waals surface area (Å²) in [5.74, 6) is -0.176. The first-order valence-corrected chi connectivity index (χ1v) is 8.81. The van der Waals surface area contributed by atoms with Gasteiger partial charge in [0.05, 0.1) is 9.64 Å². The van der Waals surface area contributed by atoms with Crippen LogP contribution in [0.3, 0.4) is 0 Å².